The fourth-order valence-corrected chi connectivity index (χ4v) is 2.56. The molecule has 0 amide bonds. The van der Waals surface area contributed by atoms with Crippen molar-refractivity contribution in [2.45, 2.75) is 29.6 Å². The van der Waals surface area contributed by atoms with Crippen LogP contribution in [0.15, 0.2) is 0 Å². The lowest BCUT2D eigenvalue weighted by atomic mass is 10.7. The van der Waals surface area contributed by atoms with Gasteiger partial charge in [0, 0.05) is 0 Å². The second-order valence-electron chi connectivity index (χ2n) is 3.16. The van der Waals surface area contributed by atoms with Crippen LogP contribution in [0.3, 0.4) is 0 Å². The number of halogens is 13. The predicted molar refractivity (Wildman–Crippen MR) is 35.7 cm³/mol. The van der Waals surface area contributed by atoms with E-state index >= 15 is 0 Å². The normalized spacial score (nSPS) is 16.4. The van der Waals surface area contributed by atoms with Gasteiger partial charge >= 0.3 is 36.7 Å². The van der Waals surface area contributed by atoms with E-state index in [4.69, 9.17) is 0 Å². The molecule has 0 aromatic rings. The van der Waals surface area contributed by atoms with Gasteiger partial charge in [0.2, 0.25) is 0 Å². The maximum Gasteiger partial charge on any atom is 0.461 e. The minimum Gasteiger partial charge on any atom is -0.300 e. The van der Waals surface area contributed by atoms with Gasteiger partial charge in [-0.2, -0.15) is 57.1 Å². The lowest BCUT2D eigenvalue weighted by Crippen LogP contribution is -2.51. The average molecular weight is 354 g/mol. The van der Waals surface area contributed by atoms with Crippen LogP contribution in [0, 0.1) is 0 Å². The van der Waals surface area contributed by atoms with E-state index in [9.17, 15) is 61.6 Å². The van der Waals surface area contributed by atoms with Crippen molar-refractivity contribution in [3.05, 3.63) is 0 Å². The number of rotatable bonds is 2. The Labute approximate surface area is 99.6 Å². The second-order valence-corrected chi connectivity index (χ2v) is 6.00. The Hall–Kier alpha value is -0.680. The molecular formula is C5F13OP. The molecule has 0 spiro atoms. The predicted octanol–water partition coefficient (Wildman–Crippen LogP) is 5.18. The molecule has 0 fully saturated rings. The van der Waals surface area contributed by atoms with E-state index in [1.807, 2.05) is 0 Å². The molecule has 0 aliphatic carbocycles. The molecule has 0 N–H and O–H groups in total. The summed E-state index contributed by atoms with van der Waals surface area (Å²) >= 11 is 0. The van der Waals surface area contributed by atoms with Gasteiger partial charge in [-0.15, -0.1) is 0 Å². The molecule has 0 atom stereocenters. The van der Waals surface area contributed by atoms with E-state index in [0.717, 1.165) is 0 Å². The van der Waals surface area contributed by atoms with Crippen LogP contribution in [0.4, 0.5) is 57.1 Å². The molecular weight excluding hydrogens is 354 g/mol. The van der Waals surface area contributed by atoms with Crippen molar-refractivity contribution in [2.75, 3.05) is 0 Å². The van der Waals surface area contributed by atoms with Gasteiger partial charge in [-0.3, -0.25) is 0 Å². The average Bonchev–Trinajstić information content (AvgIpc) is 2.10. The molecule has 0 unspecified atom stereocenters. The zero-order valence-corrected chi connectivity index (χ0v) is 9.16. The SMILES string of the molecule is O=P(C(F)(F)F)(C(F)(F)C(F)(F)F)C(F)(F)C(F)(F)F. The number of hydrogen-bond donors (Lipinski definition) is 0. The van der Waals surface area contributed by atoms with Crippen LogP contribution in [0.5, 0.6) is 0 Å². The quantitative estimate of drug-likeness (QED) is 0.493. The minimum absolute atomic E-state index is 7.53. The van der Waals surface area contributed by atoms with Crippen molar-refractivity contribution in [3.63, 3.8) is 0 Å². The van der Waals surface area contributed by atoms with Gasteiger partial charge in [-0.25, -0.2) is 0 Å². The smallest absolute Gasteiger partial charge is 0.300 e. The van der Waals surface area contributed by atoms with Crippen LogP contribution in [0.1, 0.15) is 0 Å². The molecule has 1 nitrogen and oxygen atoms in total. The van der Waals surface area contributed by atoms with E-state index in [2.05, 4.69) is 0 Å². The Morgan fingerprint density at radius 3 is 0.800 bits per heavy atom. The second kappa shape index (κ2) is 4.41. The summed E-state index contributed by atoms with van der Waals surface area (Å²) in [5, 5.41) is 0. The summed E-state index contributed by atoms with van der Waals surface area (Å²) in [6.07, 6.45) is -15.1. The van der Waals surface area contributed by atoms with Gasteiger partial charge < -0.3 is 4.57 Å². The van der Waals surface area contributed by atoms with Crippen molar-refractivity contribution in [1.29, 1.82) is 0 Å². The van der Waals surface area contributed by atoms with Gasteiger partial charge in [0.15, 0.2) is 0 Å². The van der Waals surface area contributed by atoms with Crippen LogP contribution in [-0.4, -0.2) is 29.6 Å². The number of alkyl halides is 13. The first kappa shape index (κ1) is 19.3. The molecule has 0 saturated heterocycles. The summed E-state index contributed by atoms with van der Waals surface area (Å²) in [6, 6.07) is 0. The first-order valence-corrected chi connectivity index (χ1v) is 5.52. The molecule has 20 heavy (non-hydrogen) atoms. The fraction of sp³-hybridized carbons (Fsp3) is 1.00. The molecule has 15 heteroatoms. The fourth-order valence-electron chi connectivity index (χ4n) is 0.852. The van der Waals surface area contributed by atoms with Gasteiger partial charge in [0.25, 0.3) is 0 Å². The Balaban J connectivity index is 6.59. The Kier molecular flexibility index (Phi) is 4.26. The molecule has 0 rings (SSSR count). The third-order valence-corrected chi connectivity index (χ3v) is 4.63. The van der Waals surface area contributed by atoms with Crippen molar-refractivity contribution in [3.8, 4) is 0 Å². The Bertz CT molecular complexity index is 380. The molecule has 122 valence electrons. The molecule has 0 saturated carbocycles. The molecule has 0 aromatic carbocycles. The molecule has 0 heterocycles. The molecule has 0 aromatic heterocycles. The molecule has 0 aliphatic heterocycles. The zero-order valence-electron chi connectivity index (χ0n) is 8.27. The highest BCUT2D eigenvalue weighted by Crippen LogP contribution is 2.83. The zero-order chi connectivity index (χ0) is 17.0. The summed E-state index contributed by atoms with van der Waals surface area (Å²) in [4.78, 5) is 0. The van der Waals surface area contributed by atoms with Crippen LogP contribution in [-0.2, 0) is 4.57 Å². The van der Waals surface area contributed by atoms with Gasteiger partial charge in [0.1, 0.15) is 0 Å². The monoisotopic (exact) mass is 354 g/mol. The summed E-state index contributed by atoms with van der Waals surface area (Å²) in [7, 11) is -9.47. The van der Waals surface area contributed by atoms with Crippen LogP contribution >= 0.6 is 7.14 Å². The standard InChI is InChI=1S/C5F13OP/c6-1(7,8)3(12,13)20(19,5(16,17)18)4(14,15)2(9,10)11. The lowest BCUT2D eigenvalue weighted by molar-refractivity contribution is -0.274. The third kappa shape index (κ3) is 2.35. The summed E-state index contributed by atoms with van der Waals surface area (Å²) in [6.45, 7) is 0. The molecule has 0 bridgehead atoms. The van der Waals surface area contributed by atoms with Crippen molar-refractivity contribution in [2.24, 2.45) is 0 Å². The Morgan fingerprint density at radius 2 is 0.700 bits per heavy atom. The summed E-state index contributed by atoms with van der Waals surface area (Å²) in [5.74, 6) is -7.65. The first-order valence-electron chi connectivity index (χ1n) is 3.81. The van der Waals surface area contributed by atoms with Gasteiger partial charge in [-0.05, 0) is 0 Å². The summed E-state index contributed by atoms with van der Waals surface area (Å²) in [5.41, 5.74) is -15.6. The van der Waals surface area contributed by atoms with E-state index in [0.29, 0.717) is 0 Å². The van der Waals surface area contributed by atoms with Crippen molar-refractivity contribution < 1.29 is 61.6 Å². The minimum atomic E-state index is -9.47. The largest absolute Gasteiger partial charge is 0.461 e. The van der Waals surface area contributed by atoms with Crippen molar-refractivity contribution in [1.82, 2.24) is 0 Å². The Morgan fingerprint density at radius 1 is 0.500 bits per heavy atom. The van der Waals surface area contributed by atoms with E-state index in [1.165, 1.54) is 0 Å². The van der Waals surface area contributed by atoms with E-state index < -0.39 is 36.7 Å². The lowest BCUT2D eigenvalue weighted by Gasteiger charge is -2.35. The third-order valence-electron chi connectivity index (χ3n) is 1.83. The van der Waals surface area contributed by atoms with Crippen LogP contribution in [0.25, 0.3) is 0 Å². The van der Waals surface area contributed by atoms with Crippen LogP contribution < -0.4 is 0 Å². The maximum absolute atomic E-state index is 12.4. The molecule has 0 radical (unpaired) electrons. The maximum atomic E-state index is 12.4. The van der Waals surface area contributed by atoms with E-state index in [-0.39, 0.29) is 0 Å². The van der Waals surface area contributed by atoms with Crippen molar-refractivity contribution >= 4 is 7.14 Å². The molecule has 0 aliphatic rings. The topological polar surface area (TPSA) is 17.1 Å². The summed E-state index contributed by atoms with van der Waals surface area (Å²) < 4.78 is 166. The van der Waals surface area contributed by atoms with Crippen LogP contribution in [0.2, 0.25) is 0 Å². The highest BCUT2D eigenvalue weighted by Gasteiger charge is 2.91. The number of hydrogen-bond acceptors (Lipinski definition) is 1. The van der Waals surface area contributed by atoms with Gasteiger partial charge in [0.05, 0.1) is 0 Å². The highest BCUT2D eigenvalue weighted by atomic mass is 31.2. The first-order chi connectivity index (χ1) is 8.25. The van der Waals surface area contributed by atoms with E-state index in [1.54, 1.807) is 0 Å². The van der Waals surface area contributed by atoms with Gasteiger partial charge in [-0.1, -0.05) is 0 Å². The highest BCUT2D eigenvalue weighted by molar-refractivity contribution is 7.67.